The lowest BCUT2D eigenvalue weighted by atomic mass is 10.1. The summed E-state index contributed by atoms with van der Waals surface area (Å²) in [5, 5.41) is 12.8. The number of ether oxygens (including phenoxy) is 1. The third kappa shape index (κ3) is 4.43. The van der Waals surface area contributed by atoms with Crippen LogP contribution in [0.1, 0.15) is 22.8 Å². The van der Waals surface area contributed by atoms with Gasteiger partial charge in [0.05, 0.1) is 6.54 Å². The Hall–Kier alpha value is -2.66. The van der Waals surface area contributed by atoms with E-state index in [1.165, 1.54) is 25.1 Å². The summed E-state index contributed by atoms with van der Waals surface area (Å²) in [7, 11) is 0. The molecule has 0 atom stereocenters. The van der Waals surface area contributed by atoms with Gasteiger partial charge in [-0.05, 0) is 23.8 Å². The molecule has 2 aromatic rings. The van der Waals surface area contributed by atoms with Crippen molar-refractivity contribution in [1.82, 2.24) is 5.32 Å². The van der Waals surface area contributed by atoms with Crippen molar-refractivity contribution in [2.75, 3.05) is 6.54 Å². The molecule has 0 aliphatic heterocycles. The normalized spacial score (nSPS) is 10.2. The highest BCUT2D eigenvalue weighted by Crippen LogP contribution is 2.27. The zero-order valence-electron chi connectivity index (χ0n) is 12.2. The van der Waals surface area contributed by atoms with Crippen LogP contribution in [0, 0.1) is 0 Å². The Morgan fingerprint density at radius 1 is 1.14 bits per heavy atom. The number of phenolic OH excluding ortho intramolecular Hbond substituents is 1. The SMILES string of the molecule is CC(=O)Oc1ccc(C(=O)CNCc2ccccc2)cc1O. The van der Waals surface area contributed by atoms with Crippen LogP contribution in [0.25, 0.3) is 0 Å². The molecule has 0 radical (unpaired) electrons. The molecule has 2 N–H and O–H groups in total. The maximum atomic E-state index is 12.0. The highest BCUT2D eigenvalue weighted by atomic mass is 16.5. The van der Waals surface area contributed by atoms with Crippen molar-refractivity contribution in [2.45, 2.75) is 13.5 Å². The predicted octanol–water partition coefficient (Wildman–Crippen LogP) is 2.29. The van der Waals surface area contributed by atoms with Crippen molar-refractivity contribution >= 4 is 11.8 Å². The van der Waals surface area contributed by atoms with Gasteiger partial charge in [-0.25, -0.2) is 0 Å². The average Bonchev–Trinajstić information content (AvgIpc) is 2.50. The molecule has 0 aliphatic carbocycles. The van der Waals surface area contributed by atoms with Gasteiger partial charge in [-0.1, -0.05) is 30.3 Å². The number of nitrogens with one attached hydrogen (secondary N) is 1. The number of benzene rings is 2. The van der Waals surface area contributed by atoms with Crippen LogP contribution in [0.4, 0.5) is 0 Å². The first-order valence-electron chi connectivity index (χ1n) is 6.85. The van der Waals surface area contributed by atoms with E-state index < -0.39 is 5.97 Å². The summed E-state index contributed by atoms with van der Waals surface area (Å²) in [6.07, 6.45) is 0. The standard InChI is InChI=1S/C17H17NO4/c1-12(19)22-17-8-7-14(9-15(17)20)16(21)11-18-10-13-5-3-2-4-6-13/h2-9,18,20H,10-11H2,1H3. The van der Waals surface area contributed by atoms with E-state index in [0.29, 0.717) is 12.1 Å². The smallest absolute Gasteiger partial charge is 0.308 e. The lowest BCUT2D eigenvalue weighted by Crippen LogP contribution is -2.22. The number of hydrogen-bond acceptors (Lipinski definition) is 5. The molecule has 5 nitrogen and oxygen atoms in total. The molecular formula is C17H17NO4. The topological polar surface area (TPSA) is 75.6 Å². The maximum absolute atomic E-state index is 12.0. The van der Waals surface area contributed by atoms with Gasteiger partial charge in [0.1, 0.15) is 0 Å². The number of Topliss-reactive ketones (excluding diaryl/α,β-unsaturated/α-hetero) is 1. The predicted molar refractivity (Wildman–Crippen MR) is 81.9 cm³/mol. The first-order chi connectivity index (χ1) is 10.6. The molecule has 0 amide bonds. The van der Waals surface area contributed by atoms with Gasteiger partial charge in [0.2, 0.25) is 0 Å². The second kappa shape index (κ2) is 7.38. The van der Waals surface area contributed by atoms with Crippen molar-refractivity contribution < 1.29 is 19.4 Å². The van der Waals surface area contributed by atoms with Crippen LogP contribution in [-0.4, -0.2) is 23.4 Å². The van der Waals surface area contributed by atoms with Crippen molar-refractivity contribution in [3.05, 3.63) is 59.7 Å². The van der Waals surface area contributed by atoms with Gasteiger partial charge >= 0.3 is 5.97 Å². The number of rotatable bonds is 6. The summed E-state index contributed by atoms with van der Waals surface area (Å²) in [5.74, 6) is -0.870. The lowest BCUT2D eigenvalue weighted by molar-refractivity contribution is -0.132. The first kappa shape index (κ1) is 15.7. The van der Waals surface area contributed by atoms with Gasteiger partial charge in [0.15, 0.2) is 17.3 Å². The molecule has 0 bridgehead atoms. The van der Waals surface area contributed by atoms with Gasteiger partial charge in [0.25, 0.3) is 0 Å². The fourth-order valence-corrected chi connectivity index (χ4v) is 1.95. The van der Waals surface area contributed by atoms with E-state index >= 15 is 0 Å². The molecule has 0 spiro atoms. The number of carbonyl (C=O) groups excluding carboxylic acids is 2. The van der Waals surface area contributed by atoms with Crippen LogP contribution >= 0.6 is 0 Å². The van der Waals surface area contributed by atoms with Crippen LogP contribution in [0.15, 0.2) is 48.5 Å². The van der Waals surface area contributed by atoms with Crippen molar-refractivity contribution in [1.29, 1.82) is 0 Å². The van der Waals surface area contributed by atoms with Crippen molar-refractivity contribution in [2.24, 2.45) is 0 Å². The minimum atomic E-state index is -0.529. The largest absolute Gasteiger partial charge is 0.504 e. The van der Waals surface area contributed by atoms with Crippen molar-refractivity contribution in [3.63, 3.8) is 0 Å². The van der Waals surface area contributed by atoms with Crippen LogP contribution in [0.5, 0.6) is 11.5 Å². The van der Waals surface area contributed by atoms with Gasteiger partial charge in [-0.15, -0.1) is 0 Å². The highest BCUT2D eigenvalue weighted by molar-refractivity contribution is 5.98. The monoisotopic (exact) mass is 299 g/mol. The number of aromatic hydroxyl groups is 1. The molecule has 5 heteroatoms. The highest BCUT2D eigenvalue weighted by Gasteiger charge is 2.11. The van der Waals surface area contributed by atoms with Gasteiger partial charge < -0.3 is 15.2 Å². The molecule has 0 fully saturated rings. The summed E-state index contributed by atoms with van der Waals surface area (Å²) in [4.78, 5) is 22.9. The molecule has 2 rings (SSSR count). The molecule has 0 aromatic heterocycles. The van der Waals surface area contributed by atoms with E-state index in [4.69, 9.17) is 4.74 Å². The molecule has 0 unspecified atom stereocenters. The fraction of sp³-hybridized carbons (Fsp3) is 0.176. The molecular weight excluding hydrogens is 282 g/mol. The van der Waals surface area contributed by atoms with Crippen molar-refractivity contribution in [3.8, 4) is 11.5 Å². The lowest BCUT2D eigenvalue weighted by Gasteiger charge is -2.07. The number of carbonyl (C=O) groups is 2. The third-order valence-electron chi connectivity index (χ3n) is 2.99. The minimum absolute atomic E-state index is 0.0429. The van der Waals surface area contributed by atoms with E-state index in [2.05, 4.69) is 5.32 Å². The zero-order valence-corrected chi connectivity index (χ0v) is 12.2. The quantitative estimate of drug-likeness (QED) is 0.486. The molecule has 0 heterocycles. The summed E-state index contributed by atoms with van der Waals surface area (Å²) >= 11 is 0. The second-order valence-corrected chi connectivity index (χ2v) is 4.79. The summed E-state index contributed by atoms with van der Waals surface area (Å²) < 4.78 is 4.80. The third-order valence-corrected chi connectivity index (χ3v) is 2.99. The number of hydrogen-bond donors (Lipinski definition) is 2. The van der Waals surface area contributed by atoms with Gasteiger partial charge in [-0.3, -0.25) is 9.59 Å². The molecule has 0 saturated heterocycles. The molecule has 0 saturated carbocycles. The Balaban J connectivity index is 1.92. The number of ketones is 1. The second-order valence-electron chi connectivity index (χ2n) is 4.79. The first-order valence-corrected chi connectivity index (χ1v) is 6.85. The zero-order chi connectivity index (χ0) is 15.9. The number of phenols is 1. The Labute approximate surface area is 128 Å². The molecule has 0 aliphatic rings. The summed E-state index contributed by atoms with van der Waals surface area (Å²) in [6, 6.07) is 14.0. The summed E-state index contributed by atoms with van der Waals surface area (Å²) in [5.41, 5.74) is 1.44. The average molecular weight is 299 g/mol. The molecule has 22 heavy (non-hydrogen) atoms. The Morgan fingerprint density at radius 3 is 2.50 bits per heavy atom. The van der Waals surface area contributed by atoms with Crippen LogP contribution in [0.2, 0.25) is 0 Å². The van der Waals surface area contributed by atoms with Crippen LogP contribution < -0.4 is 10.1 Å². The van der Waals surface area contributed by atoms with Gasteiger partial charge in [-0.2, -0.15) is 0 Å². The van der Waals surface area contributed by atoms with E-state index in [9.17, 15) is 14.7 Å². The molecule has 114 valence electrons. The Morgan fingerprint density at radius 2 is 1.86 bits per heavy atom. The van der Waals surface area contributed by atoms with Crippen LogP contribution in [0.3, 0.4) is 0 Å². The summed E-state index contributed by atoms with van der Waals surface area (Å²) in [6.45, 7) is 1.98. The minimum Gasteiger partial charge on any atom is -0.504 e. The fourth-order valence-electron chi connectivity index (χ4n) is 1.95. The Kier molecular flexibility index (Phi) is 5.27. The van der Waals surface area contributed by atoms with Crippen LogP contribution in [-0.2, 0) is 11.3 Å². The molecule has 2 aromatic carbocycles. The van der Waals surface area contributed by atoms with E-state index in [0.717, 1.165) is 5.56 Å². The van der Waals surface area contributed by atoms with Gasteiger partial charge in [0, 0.05) is 19.0 Å². The maximum Gasteiger partial charge on any atom is 0.308 e. The van der Waals surface area contributed by atoms with E-state index in [1.807, 2.05) is 30.3 Å². The Bertz CT molecular complexity index is 668. The van der Waals surface area contributed by atoms with E-state index in [-0.39, 0.29) is 23.8 Å². The van der Waals surface area contributed by atoms with E-state index in [1.54, 1.807) is 0 Å². The number of esters is 1.